The lowest BCUT2D eigenvalue weighted by Gasteiger charge is -2.58. The molecule has 0 radical (unpaired) electrons. The lowest BCUT2D eigenvalue weighted by molar-refractivity contribution is -0.149. The molecule has 3 nitrogen and oxygen atoms in total. The maximum Gasteiger partial charge on any atom is 0.302 e. The molecule has 3 saturated carbocycles. The highest BCUT2D eigenvalue weighted by atomic mass is 16.5. The van der Waals surface area contributed by atoms with Crippen LogP contribution in [0.25, 0.3) is 0 Å². The second-order valence-electron chi connectivity index (χ2n) is 9.86. The van der Waals surface area contributed by atoms with Crippen molar-refractivity contribution in [2.24, 2.45) is 28.6 Å². The van der Waals surface area contributed by atoms with Crippen LogP contribution in [0.3, 0.4) is 0 Å². The van der Waals surface area contributed by atoms with Gasteiger partial charge in [-0.15, -0.1) is 6.58 Å². The molecule has 0 bridgehead atoms. The van der Waals surface area contributed by atoms with Crippen molar-refractivity contribution in [3.8, 4) is 0 Å². The van der Waals surface area contributed by atoms with Gasteiger partial charge in [-0.3, -0.25) is 4.79 Å². The van der Waals surface area contributed by atoms with Crippen LogP contribution in [0.2, 0.25) is 0 Å². The second-order valence-corrected chi connectivity index (χ2v) is 9.86. The summed E-state index contributed by atoms with van der Waals surface area (Å²) in [6.07, 6.45) is 12.8. The zero-order valence-corrected chi connectivity index (χ0v) is 16.6. The average molecular weight is 359 g/mol. The SMILES string of the molecule is C=C[C@]1(O)CC[C@@H]2[C@H]3CC=C4C[C@@H](OC(C)=O)CC[C@]4(C)[C@@H]3CC[C@@]21C. The molecule has 0 aromatic heterocycles. The van der Waals surface area contributed by atoms with E-state index in [0.717, 1.165) is 44.9 Å². The van der Waals surface area contributed by atoms with Crippen molar-refractivity contribution >= 4 is 5.97 Å². The average Bonchev–Trinajstić information content (AvgIpc) is 2.87. The van der Waals surface area contributed by atoms with Crippen LogP contribution in [-0.4, -0.2) is 22.8 Å². The molecule has 0 aromatic rings. The molecule has 1 N–H and O–H groups in total. The molecule has 0 unspecified atom stereocenters. The van der Waals surface area contributed by atoms with E-state index in [1.807, 2.05) is 6.08 Å². The number of fused-ring (bicyclic) bond motifs is 5. The standard InChI is InChI=1S/C23H34O3/c1-5-23(25)13-10-20-18-7-6-16-14-17(26-15(2)24)8-11-21(16,3)19(18)9-12-22(20,23)4/h5-6,17-20,25H,1,7-14H2,2-4H3/t17-,18-,19+,20+,21-,22-,23-/m0/s1. The summed E-state index contributed by atoms with van der Waals surface area (Å²) in [6, 6.07) is 0. The molecule has 0 spiro atoms. The highest BCUT2D eigenvalue weighted by Crippen LogP contribution is 2.67. The largest absolute Gasteiger partial charge is 0.462 e. The summed E-state index contributed by atoms with van der Waals surface area (Å²) in [5.41, 5.74) is 1.06. The second kappa shape index (κ2) is 5.95. The first-order chi connectivity index (χ1) is 12.2. The minimum absolute atomic E-state index is 0.0213. The van der Waals surface area contributed by atoms with Gasteiger partial charge in [0.2, 0.25) is 0 Å². The van der Waals surface area contributed by atoms with Gasteiger partial charge in [-0.05, 0) is 68.1 Å². The van der Waals surface area contributed by atoms with E-state index in [4.69, 9.17) is 4.74 Å². The lowest BCUT2D eigenvalue weighted by Crippen LogP contribution is -2.54. The minimum atomic E-state index is -0.694. The van der Waals surface area contributed by atoms with E-state index in [1.165, 1.54) is 18.9 Å². The van der Waals surface area contributed by atoms with Gasteiger partial charge >= 0.3 is 5.97 Å². The first kappa shape index (κ1) is 18.3. The number of rotatable bonds is 2. The molecular formula is C23H34O3. The number of esters is 1. The molecular weight excluding hydrogens is 324 g/mol. The Balaban J connectivity index is 1.61. The van der Waals surface area contributed by atoms with E-state index in [-0.39, 0.29) is 22.9 Å². The van der Waals surface area contributed by atoms with E-state index in [9.17, 15) is 9.90 Å². The number of ether oxygens (including phenoxy) is 1. The van der Waals surface area contributed by atoms with Crippen molar-refractivity contribution in [2.75, 3.05) is 0 Å². The highest BCUT2D eigenvalue weighted by molar-refractivity contribution is 5.66. The third-order valence-electron chi connectivity index (χ3n) is 8.94. The van der Waals surface area contributed by atoms with Crippen molar-refractivity contribution in [2.45, 2.75) is 83.8 Å². The van der Waals surface area contributed by atoms with Crippen molar-refractivity contribution in [3.05, 3.63) is 24.3 Å². The van der Waals surface area contributed by atoms with E-state index in [1.54, 1.807) is 0 Å². The first-order valence-electron chi connectivity index (χ1n) is 10.5. The Morgan fingerprint density at radius 2 is 1.96 bits per heavy atom. The normalized spacial score (nSPS) is 50.1. The number of allylic oxidation sites excluding steroid dienone is 1. The van der Waals surface area contributed by atoms with Gasteiger partial charge in [0.1, 0.15) is 6.10 Å². The summed E-state index contributed by atoms with van der Waals surface area (Å²) in [7, 11) is 0. The monoisotopic (exact) mass is 358 g/mol. The molecule has 0 aliphatic heterocycles. The summed E-state index contributed by atoms with van der Waals surface area (Å²) in [5.74, 6) is 1.80. The van der Waals surface area contributed by atoms with Gasteiger partial charge in [0.25, 0.3) is 0 Å². The van der Waals surface area contributed by atoms with Crippen LogP contribution in [0.15, 0.2) is 24.3 Å². The molecule has 3 fully saturated rings. The minimum Gasteiger partial charge on any atom is -0.462 e. The molecule has 0 saturated heterocycles. The Bertz CT molecular complexity index is 652. The van der Waals surface area contributed by atoms with E-state index in [0.29, 0.717) is 17.8 Å². The molecule has 0 aromatic carbocycles. The summed E-state index contributed by atoms with van der Waals surface area (Å²) < 4.78 is 5.52. The smallest absolute Gasteiger partial charge is 0.302 e. The Kier molecular flexibility index (Phi) is 4.19. The third kappa shape index (κ3) is 2.38. The fourth-order valence-electron chi connectivity index (χ4n) is 7.35. The van der Waals surface area contributed by atoms with Crippen molar-refractivity contribution < 1.29 is 14.6 Å². The van der Waals surface area contributed by atoms with Crippen LogP contribution in [0, 0.1) is 28.6 Å². The van der Waals surface area contributed by atoms with Crippen LogP contribution in [-0.2, 0) is 9.53 Å². The molecule has 4 rings (SSSR count). The molecule has 3 heteroatoms. The molecule has 4 aliphatic carbocycles. The number of hydrogen-bond donors (Lipinski definition) is 1. The molecule has 0 heterocycles. The molecule has 144 valence electrons. The Morgan fingerprint density at radius 1 is 1.23 bits per heavy atom. The maximum absolute atomic E-state index is 11.4. The Hall–Kier alpha value is -1.09. The molecule has 4 aliphatic rings. The van der Waals surface area contributed by atoms with Crippen LogP contribution in [0.5, 0.6) is 0 Å². The van der Waals surface area contributed by atoms with Gasteiger partial charge in [0, 0.05) is 18.8 Å². The fourth-order valence-corrected chi connectivity index (χ4v) is 7.35. The Morgan fingerprint density at radius 3 is 2.65 bits per heavy atom. The zero-order chi connectivity index (χ0) is 18.7. The van der Waals surface area contributed by atoms with Gasteiger partial charge in [-0.25, -0.2) is 0 Å². The van der Waals surface area contributed by atoms with Crippen molar-refractivity contribution in [3.63, 3.8) is 0 Å². The number of carbonyl (C=O) groups excluding carboxylic acids is 1. The van der Waals surface area contributed by atoms with Gasteiger partial charge < -0.3 is 9.84 Å². The number of hydrogen-bond acceptors (Lipinski definition) is 3. The maximum atomic E-state index is 11.4. The first-order valence-corrected chi connectivity index (χ1v) is 10.5. The topological polar surface area (TPSA) is 46.5 Å². The fraction of sp³-hybridized carbons (Fsp3) is 0.783. The molecule has 26 heavy (non-hydrogen) atoms. The van der Waals surface area contributed by atoms with Crippen molar-refractivity contribution in [1.82, 2.24) is 0 Å². The van der Waals surface area contributed by atoms with Crippen molar-refractivity contribution in [1.29, 1.82) is 0 Å². The number of aliphatic hydroxyl groups is 1. The van der Waals surface area contributed by atoms with E-state index < -0.39 is 5.60 Å². The van der Waals surface area contributed by atoms with E-state index >= 15 is 0 Å². The summed E-state index contributed by atoms with van der Waals surface area (Å²) in [6.45, 7) is 10.2. The lowest BCUT2D eigenvalue weighted by atomic mass is 9.47. The highest BCUT2D eigenvalue weighted by Gasteiger charge is 2.62. The number of carbonyl (C=O) groups is 1. The van der Waals surface area contributed by atoms with Crippen LogP contribution < -0.4 is 0 Å². The van der Waals surface area contributed by atoms with Gasteiger partial charge in [-0.2, -0.15) is 0 Å². The molecule has 0 amide bonds. The van der Waals surface area contributed by atoms with Gasteiger partial charge in [0.05, 0.1) is 5.60 Å². The van der Waals surface area contributed by atoms with Gasteiger partial charge in [0.15, 0.2) is 0 Å². The van der Waals surface area contributed by atoms with Crippen LogP contribution in [0.4, 0.5) is 0 Å². The van der Waals surface area contributed by atoms with E-state index in [2.05, 4.69) is 26.5 Å². The zero-order valence-electron chi connectivity index (χ0n) is 16.6. The predicted molar refractivity (Wildman–Crippen MR) is 102 cm³/mol. The third-order valence-corrected chi connectivity index (χ3v) is 8.94. The predicted octanol–water partition coefficient (Wildman–Crippen LogP) is 4.80. The molecule has 7 atom stereocenters. The Labute approximate surface area is 157 Å². The summed E-state index contributed by atoms with van der Waals surface area (Å²) in [5, 5.41) is 11.2. The van der Waals surface area contributed by atoms with Gasteiger partial charge in [-0.1, -0.05) is 31.6 Å². The quantitative estimate of drug-likeness (QED) is 0.570. The van der Waals surface area contributed by atoms with Crippen LogP contribution >= 0.6 is 0 Å². The summed E-state index contributed by atoms with van der Waals surface area (Å²) >= 11 is 0. The summed E-state index contributed by atoms with van der Waals surface area (Å²) in [4.78, 5) is 11.4. The van der Waals surface area contributed by atoms with Crippen LogP contribution in [0.1, 0.15) is 72.1 Å².